The first-order valence-corrected chi connectivity index (χ1v) is 11.0. The van der Waals surface area contributed by atoms with Crippen molar-refractivity contribution < 1.29 is 13.6 Å². The molecule has 0 bridgehead atoms. The molecule has 0 aliphatic heterocycles. The third-order valence-corrected chi connectivity index (χ3v) is 6.28. The lowest BCUT2D eigenvalue weighted by Gasteiger charge is -2.13. The SMILES string of the molecule is Cc1occc1-c1nnc(SC(C)C(=O)Nc2ccccc2Sc2ccccc2)o1. The molecule has 30 heavy (non-hydrogen) atoms. The molecule has 0 saturated carbocycles. The summed E-state index contributed by atoms with van der Waals surface area (Å²) >= 11 is 2.82. The zero-order valence-electron chi connectivity index (χ0n) is 16.4. The van der Waals surface area contributed by atoms with Crippen molar-refractivity contribution in [2.75, 3.05) is 5.32 Å². The first-order valence-electron chi connectivity index (χ1n) is 9.27. The smallest absolute Gasteiger partial charge is 0.277 e. The van der Waals surface area contributed by atoms with Crippen molar-refractivity contribution >= 4 is 35.1 Å². The maximum atomic E-state index is 12.8. The summed E-state index contributed by atoms with van der Waals surface area (Å²) in [6.45, 7) is 3.63. The Morgan fingerprint density at radius 1 is 1.03 bits per heavy atom. The zero-order chi connectivity index (χ0) is 20.9. The van der Waals surface area contributed by atoms with E-state index in [1.807, 2.05) is 61.5 Å². The van der Waals surface area contributed by atoms with Crippen molar-refractivity contribution in [2.24, 2.45) is 0 Å². The van der Waals surface area contributed by atoms with Crippen molar-refractivity contribution in [2.45, 2.75) is 34.1 Å². The summed E-state index contributed by atoms with van der Waals surface area (Å²) in [6, 6.07) is 19.6. The van der Waals surface area contributed by atoms with Crippen LogP contribution in [0, 0.1) is 6.92 Å². The van der Waals surface area contributed by atoms with Crippen LogP contribution >= 0.6 is 23.5 Å². The van der Waals surface area contributed by atoms with Gasteiger partial charge >= 0.3 is 0 Å². The topological polar surface area (TPSA) is 81.2 Å². The molecule has 0 radical (unpaired) electrons. The van der Waals surface area contributed by atoms with Crippen LogP contribution in [0.5, 0.6) is 0 Å². The van der Waals surface area contributed by atoms with Crippen molar-refractivity contribution in [1.82, 2.24) is 10.2 Å². The number of thioether (sulfide) groups is 1. The predicted octanol–water partition coefficient (Wildman–Crippen LogP) is 5.91. The quantitative estimate of drug-likeness (QED) is 0.360. The van der Waals surface area contributed by atoms with Gasteiger partial charge in [0.2, 0.25) is 5.91 Å². The minimum Gasteiger partial charge on any atom is -0.469 e. The number of furan rings is 1. The number of rotatable bonds is 7. The van der Waals surface area contributed by atoms with Crippen LogP contribution in [0.15, 0.2) is 90.8 Å². The number of amides is 1. The highest BCUT2D eigenvalue weighted by Gasteiger charge is 2.20. The van der Waals surface area contributed by atoms with Gasteiger partial charge in [-0.2, -0.15) is 0 Å². The fourth-order valence-electron chi connectivity index (χ4n) is 2.69. The summed E-state index contributed by atoms with van der Waals surface area (Å²) in [5.74, 6) is 0.940. The van der Waals surface area contributed by atoms with E-state index in [2.05, 4.69) is 15.5 Å². The van der Waals surface area contributed by atoms with Gasteiger partial charge in [-0.3, -0.25) is 4.79 Å². The molecule has 2 heterocycles. The highest BCUT2D eigenvalue weighted by Crippen LogP contribution is 2.34. The lowest BCUT2D eigenvalue weighted by Crippen LogP contribution is -2.22. The molecule has 152 valence electrons. The lowest BCUT2D eigenvalue weighted by molar-refractivity contribution is -0.115. The van der Waals surface area contributed by atoms with E-state index in [1.54, 1.807) is 31.0 Å². The summed E-state index contributed by atoms with van der Waals surface area (Å²) in [5.41, 5.74) is 1.52. The fraction of sp³-hybridized carbons (Fsp3) is 0.136. The Kier molecular flexibility index (Phi) is 6.25. The number of nitrogens with zero attached hydrogens (tertiary/aromatic N) is 2. The molecule has 2 aromatic carbocycles. The van der Waals surface area contributed by atoms with Crippen LogP contribution in [-0.2, 0) is 4.79 Å². The molecule has 1 atom stereocenters. The number of carbonyl (C=O) groups excluding carboxylic acids is 1. The Hall–Kier alpha value is -2.97. The highest BCUT2D eigenvalue weighted by atomic mass is 32.2. The van der Waals surface area contributed by atoms with Crippen molar-refractivity contribution in [1.29, 1.82) is 0 Å². The second kappa shape index (κ2) is 9.23. The van der Waals surface area contributed by atoms with Gasteiger partial charge in [-0.15, -0.1) is 10.2 Å². The van der Waals surface area contributed by atoms with E-state index in [-0.39, 0.29) is 5.91 Å². The number of hydrogen-bond donors (Lipinski definition) is 1. The second-order valence-corrected chi connectivity index (χ2v) is 8.83. The van der Waals surface area contributed by atoms with E-state index in [4.69, 9.17) is 8.83 Å². The van der Waals surface area contributed by atoms with Crippen LogP contribution in [0.25, 0.3) is 11.5 Å². The van der Waals surface area contributed by atoms with Crippen LogP contribution < -0.4 is 5.32 Å². The monoisotopic (exact) mass is 437 g/mol. The molecule has 1 N–H and O–H groups in total. The summed E-state index contributed by atoms with van der Waals surface area (Å²) in [5, 5.41) is 11.0. The third kappa shape index (κ3) is 4.77. The van der Waals surface area contributed by atoms with Gasteiger partial charge in [0.15, 0.2) is 0 Å². The van der Waals surface area contributed by atoms with E-state index >= 15 is 0 Å². The number of nitrogens with one attached hydrogen (secondary N) is 1. The maximum absolute atomic E-state index is 12.8. The second-order valence-electron chi connectivity index (χ2n) is 6.42. The molecule has 1 amide bonds. The van der Waals surface area contributed by atoms with Crippen LogP contribution in [-0.4, -0.2) is 21.4 Å². The van der Waals surface area contributed by atoms with Gasteiger partial charge in [0.25, 0.3) is 11.1 Å². The van der Waals surface area contributed by atoms with Crippen LogP contribution in [0.1, 0.15) is 12.7 Å². The van der Waals surface area contributed by atoms with Crippen molar-refractivity contribution in [3.8, 4) is 11.5 Å². The molecule has 6 nitrogen and oxygen atoms in total. The van der Waals surface area contributed by atoms with Gasteiger partial charge in [0.05, 0.1) is 22.8 Å². The van der Waals surface area contributed by atoms with E-state index in [0.29, 0.717) is 16.9 Å². The number of aryl methyl sites for hydroxylation is 1. The molecule has 0 saturated heterocycles. The molecule has 0 spiro atoms. The lowest BCUT2D eigenvalue weighted by atomic mass is 10.3. The number of benzene rings is 2. The average molecular weight is 438 g/mol. The first-order chi connectivity index (χ1) is 14.6. The van der Waals surface area contributed by atoms with Gasteiger partial charge in [0.1, 0.15) is 5.76 Å². The maximum Gasteiger partial charge on any atom is 0.277 e. The fourth-order valence-corrected chi connectivity index (χ4v) is 4.29. The molecule has 0 fully saturated rings. The number of carbonyl (C=O) groups is 1. The Morgan fingerprint density at radius 2 is 1.80 bits per heavy atom. The normalized spacial score (nSPS) is 11.9. The van der Waals surface area contributed by atoms with Gasteiger partial charge in [-0.05, 0) is 44.2 Å². The van der Waals surface area contributed by atoms with Gasteiger partial charge in [-0.25, -0.2) is 0 Å². The number of aromatic nitrogens is 2. The molecule has 1 unspecified atom stereocenters. The average Bonchev–Trinajstić information content (AvgIpc) is 3.38. The molecular weight excluding hydrogens is 418 g/mol. The predicted molar refractivity (Wildman–Crippen MR) is 118 cm³/mol. The Balaban J connectivity index is 1.42. The Labute approximate surface area is 182 Å². The molecule has 8 heteroatoms. The van der Waals surface area contributed by atoms with Crippen LogP contribution in [0.2, 0.25) is 0 Å². The third-order valence-electron chi connectivity index (χ3n) is 4.26. The van der Waals surface area contributed by atoms with E-state index in [9.17, 15) is 4.79 Å². The van der Waals surface area contributed by atoms with Crippen LogP contribution in [0.3, 0.4) is 0 Å². The highest BCUT2D eigenvalue weighted by molar-refractivity contribution is 8.00. The number of anilines is 1. The summed E-state index contributed by atoms with van der Waals surface area (Å²) in [4.78, 5) is 14.8. The van der Waals surface area contributed by atoms with Crippen molar-refractivity contribution in [3.05, 3.63) is 72.7 Å². The molecule has 4 aromatic rings. The minimum absolute atomic E-state index is 0.139. The Morgan fingerprint density at radius 3 is 2.57 bits per heavy atom. The van der Waals surface area contributed by atoms with E-state index in [0.717, 1.165) is 21.0 Å². The largest absolute Gasteiger partial charge is 0.469 e. The molecular formula is C22H19N3O3S2. The molecule has 0 aliphatic rings. The molecule has 2 aromatic heterocycles. The number of hydrogen-bond acceptors (Lipinski definition) is 7. The zero-order valence-corrected chi connectivity index (χ0v) is 18.0. The summed E-state index contributed by atoms with van der Waals surface area (Å²) in [7, 11) is 0. The first kappa shape index (κ1) is 20.3. The van der Waals surface area contributed by atoms with Crippen molar-refractivity contribution in [3.63, 3.8) is 0 Å². The van der Waals surface area contributed by atoms with Crippen LogP contribution in [0.4, 0.5) is 5.69 Å². The van der Waals surface area contributed by atoms with E-state index < -0.39 is 5.25 Å². The van der Waals surface area contributed by atoms with Gasteiger partial charge in [0, 0.05) is 9.79 Å². The van der Waals surface area contributed by atoms with Gasteiger partial charge in [-0.1, -0.05) is 53.9 Å². The summed E-state index contributed by atoms with van der Waals surface area (Å²) in [6.07, 6.45) is 1.57. The van der Waals surface area contributed by atoms with Gasteiger partial charge < -0.3 is 14.2 Å². The molecule has 0 aliphatic carbocycles. The standard InChI is InChI=1S/C22H19N3O3S2/c1-14-17(12-13-27-14)21-24-25-22(28-21)29-15(2)20(26)23-18-10-6-7-11-19(18)30-16-8-4-3-5-9-16/h3-13,15H,1-2H3,(H,23,26). The summed E-state index contributed by atoms with van der Waals surface area (Å²) < 4.78 is 10.9. The van der Waals surface area contributed by atoms with E-state index in [1.165, 1.54) is 11.8 Å². The number of para-hydroxylation sites is 1. The minimum atomic E-state index is -0.418. The molecule has 4 rings (SSSR count). The Bertz CT molecular complexity index is 1140.